The quantitative estimate of drug-likeness (QED) is 0.598. The van der Waals surface area contributed by atoms with Gasteiger partial charge >= 0.3 is 5.97 Å². The fraction of sp³-hybridized carbons (Fsp3) is 0.231. The maximum absolute atomic E-state index is 11.5. The number of rotatable bonds is 3. The highest BCUT2D eigenvalue weighted by Gasteiger charge is 2.16. The average Bonchev–Trinajstić information content (AvgIpc) is 2.68. The molecule has 0 aliphatic heterocycles. The molecule has 2 heterocycles. The molecule has 2 aromatic heterocycles. The molecule has 0 atom stereocenters. The number of aromatic nitrogens is 1. The number of ether oxygens (including phenoxy) is 1. The first-order valence-electron chi connectivity index (χ1n) is 5.30. The summed E-state index contributed by atoms with van der Waals surface area (Å²) in [4.78, 5) is 22.9. The third kappa shape index (κ3) is 2.06. The molecule has 17 heavy (non-hydrogen) atoms. The molecule has 0 fully saturated rings. The summed E-state index contributed by atoms with van der Waals surface area (Å²) in [5.41, 5.74) is 2.16. The van der Waals surface area contributed by atoms with E-state index in [-0.39, 0.29) is 18.2 Å². The number of pyridine rings is 1. The van der Waals surface area contributed by atoms with Crippen LogP contribution in [0.2, 0.25) is 0 Å². The minimum Gasteiger partial charge on any atom is -0.469 e. The maximum atomic E-state index is 11.5. The summed E-state index contributed by atoms with van der Waals surface area (Å²) in [6, 6.07) is 5.63. The molecule has 0 unspecified atom stereocenters. The van der Waals surface area contributed by atoms with Crippen LogP contribution >= 0.6 is 0 Å². The van der Waals surface area contributed by atoms with E-state index < -0.39 is 0 Å². The molecule has 0 N–H and O–H groups in total. The smallest absolute Gasteiger partial charge is 0.310 e. The highest BCUT2D eigenvalue weighted by atomic mass is 16.5. The van der Waals surface area contributed by atoms with E-state index in [2.05, 4.69) is 4.74 Å². The Bertz CT molecular complexity index is 583. The van der Waals surface area contributed by atoms with Crippen LogP contribution in [0.4, 0.5) is 0 Å². The van der Waals surface area contributed by atoms with Gasteiger partial charge in [-0.2, -0.15) is 0 Å². The van der Waals surface area contributed by atoms with Crippen LogP contribution in [0.25, 0.3) is 5.52 Å². The Morgan fingerprint density at radius 2 is 2.12 bits per heavy atom. The molecule has 2 aromatic rings. The number of hydrogen-bond donors (Lipinski definition) is 0. The molecule has 0 spiro atoms. The molecule has 0 bridgehead atoms. The van der Waals surface area contributed by atoms with Crippen LogP contribution in [0, 0.1) is 0 Å². The van der Waals surface area contributed by atoms with Crippen LogP contribution in [0.5, 0.6) is 0 Å². The van der Waals surface area contributed by atoms with Crippen molar-refractivity contribution in [2.24, 2.45) is 0 Å². The monoisotopic (exact) mass is 231 g/mol. The van der Waals surface area contributed by atoms with Crippen molar-refractivity contribution in [3.05, 3.63) is 41.7 Å². The van der Waals surface area contributed by atoms with Gasteiger partial charge in [0.25, 0.3) is 0 Å². The van der Waals surface area contributed by atoms with Gasteiger partial charge in [0.15, 0.2) is 5.78 Å². The van der Waals surface area contributed by atoms with E-state index in [1.807, 2.05) is 28.8 Å². The number of nitrogens with zero attached hydrogens (tertiary/aromatic N) is 1. The van der Waals surface area contributed by atoms with Crippen molar-refractivity contribution in [3.8, 4) is 0 Å². The van der Waals surface area contributed by atoms with Gasteiger partial charge in [-0.15, -0.1) is 0 Å². The number of methoxy groups -OCH3 is 1. The Labute approximate surface area is 98.8 Å². The lowest BCUT2D eigenvalue weighted by Gasteiger charge is -2.01. The normalized spacial score (nSPS) is 10.5. The van der Waals surface area contributed by atoms with Gasteiger partial charge in [0, 0.05) is 23.5 Å². The molecule has 0 radical (unpaired) electrons. The maximum Gasteiger partial charge on any atom is 0.310 e. The molecule has 0 aromatic carbocycles. The van der Waals surface area contributed by atoms with Crippen molar-refractivity contribution in [1.29, 1.82) is 0 Å². The van der Waals surface area contributed by atoms with Gasteiger partial charge < -0.3 is 9.14 Å². The highest BCUT2D eigenvalue weighted by molar-refractivity contribution is 5.99. The third-order valence-electron chi connectivity index (χ3n) is 2.72. The van der Waals surface area contributed by atoms with Gasteiger partial charge in [0.05, 0.1) is 13.5 Å². The summed E-state index contributed by atoms with van der Waals surface area (Å²) < 4.78 is 6.49. The van der Waals surface area contributed by atoms with Gasteiger partial charge in [-0.25, -0.2) is 0 Å². The summed E-state index contributed by atoms with van der Waals surface area (Å²) in [5, 5.41) is 0. The van der Waals surface area contributed by atoms with E-state index in [1.54, 1.807) is 6.20 Å². The zero-order chi connectivity index (χ0) is 12.4. The van der Waals surface area contributed by atoms with Gasteiger partial charge in [0.1, 0.15) is 0 Å². The van der Waals surface area contributed by atoms with Crippen LogP contribution in [-0.4, -0.2) is 23.3 Å². The van der Waals surface area contributed by atoms with Crippen molar-refractivity contribution in [2.75, 3.05) is 7.11 Å². The zero-order valence-electron chi connectivity index (χ0n) is 9.77. The van der Waals surface area contributed by atoms with Crippen LogP contribution in [0.3, 0.4) is 0 Å². The molecular weight excluding hydrogens is 218 g/mol. The zero-order valence-corrected chi connectivity index (χ0v) is 9.77. The summed E-state index contributed by atoms with van der Waals surface area (Å²) in [6.45, 7) is 1.50. The van der Waals surface area contributed by atoms with E-state index in [0.717, 1.165) is 11.1 Å². The Hall–Kier alpha value is -2.10. The topological polar surface area (TPSA) is 47.8 Å². The summed E-state index contributed by atoms with van der Waals surface area (Å²) in [7, 11) is 1.34. The molecule has 0 saturated heterocycles. The number of hydrogen-bond acceptors (Lipinski definition) is 3. The van der Waals surface area contributed by atoms with Crippen LogP contribution in [0.15, 0.2) is 30.6 Å². The van der Waals surface area contributed by atoms with Gasteiger partial charge in [-0.1, -0.05) is 6.07 Å². The van der Waals surface area contributed by atoms with Crippen molar-refractivity contribution >= 4 is 17.3 Å². The van der Waals surface area contributed by atoms with E-state index in [1.165, 1.54) is 14.0 Å². The lowest BCUT2D eigenvalue weighted by atomic mass is 10.1. The second kappa shape index (κ2) is 4.41. The molecular formula is C13H13NO3. The molecule has 4 heteroatoms. The minimum absolute atomic E-state index is 0.0485. The van der Waals surface area contributed by atoms with E-state index >= 15 is 0 Å². The van der Waals surface area contributed by atoms with Crippen molar-refractivity contribution < 1.29 is 14.3 Å². The number of carbonyl (C=O) groups is 2. The number of ketones is 1. The fourth-order valence-electron chi connectivity index (χ4n) is 1.89. The molecule has 88 valence electrons. The van der Waals surface area contributed by atoms with Crippen LogP contribution in [0.1, 0.15) is 22.8 Å². The molecule has 4 nitrogen and oxygen atoms in total. The summed E-state index contributed by atoms with van der Waals surface area (Å²) >= 11 is 0. The fourth-order valence-corrected chi connectivity index (χ4v) is 1.89. The number of carbonyl (C=O) groups excluding carboxylic acids is 2. The predicted octanol–water partition coefficient (Wildman–Crippen LogP) is 1.86. The molecule has 0 aliphatic carbocycles. The second-order valence-corrected chi connectivity index (χ2v) is 3.82. The summed E-state index contributed by atoms with van der Waals surface area (Å²) in [6.07, 6.45) is 3.71. The standard InChI is InChI=1S/C13H13NO3/c1-9(15)11-8-14-6-4-3-5-12(14)10(11)7-13(16)17-2/h3-6,8H,7H2,1-2H3. The first-order valence-corrected chi connectivity index (χ1v) is 5.30. The van der Waals surface area contributed by atoms with Gasteiger partial charge in [0.2, 0.25) is 0 Å². The van der Waals surface area contributed by atoms with Crippen molar-refractivity contribution in [1.82, 2.24) is 4.40 Å². The number of fused-ring (bicyclic) bond motifs is 1. The third-order valence-corrected chi connectivity index (χ3v) is 2.72. The van der Waals surface area contributed by atoms with E-state index in [0.29, 0.717) is 5.56 Å². The highest BCUT2D eigenvalue weighted by Crippen LogP contribution is 2.20. The number of esters is 1. The lowest BCUT2D eigenvalue weighted by Crippen LogP contribution is -2.07. The predicted molar refractivity (Wildman–Crippen MR) is 63.1 cm³/mol. The Morgan fingerprint density at radius 3 is 2.76 bits per heavy atom. The summed E-state index contributed by atoms with van der Waals surface area (Å²) in [5.74, 6) is -0.392. The Balaban J connectivity index is 2.59. The molecule has 0 amide bonds. The van der Waals surface area contributed by atoms with Gasteiger partial charge in [-0.05, 0) is 24.6 Å². The largest absolute Gasteiger partial charge is 0.469 e. The van der Waals surface area contributed by atoms with E-state index in [4.69, 9.17) is 0 Å². The SMILES string of the molecule is COC(=O)Cc1c(C(C)=O)cn2ccccc12. The van der Waals surface area contributed by atoms with E-state index in [9.17, 15) is 9.59 Å². The number of Topliss-reactive ketones (excluding diaryl/α,β-unsaturated/α-hetero) is 1. The Kier molecular flexibility index (Phi) is 2.95. The minimum atomic E-state index is -0.343. The Morgan fingerprint density at radius 1 is 1.35 bits per heavy atom. The average molecular weight is 231 g/mol. The van der Waals surface area contributed by atoms with Crippen LogP contribution in [-0.2, 0) is 16.0 Å². The second-order valence-electron chi connectivity index (χ2n) is 3.82. The lowest BCUT2D eigenvalue weighted by molar-refractivity contribution is -0.139. The van der Waals surface area contributed by atoms with Crippen molar-refractivity contribution in [2.45, 2.75) is 13.3 Å². The van der Waals surface area contributed by atoms with Crippen LogP contribution < -0.4 is 0 Å². The molecule has 0 saturated carbocycles. The first kappa shape index (κ1) is 11.4. The van der Waals surface area contributed by atoms with Gasteiger partial charge in [-0.3, -0.25) is 9.59 Å². The molecule has 0 aliphatic rings. The molecule has 2 rings (SSSR count). The van der Waals surface area contributed by atoms with Crippen molar-refractivity contribution in [3.63, 3.8) is 0 Å². The first-order chi connectivity index (χ1) is 8.13.